The molecule has 3 aromatic carbocycles. The summed E-state index contributed by atoms with van der Waals surface area (Å²) in [7, 11) is 1.66. The molecule has 174 valence electrons. The summed E-state index contributed by atoms with van der Waals surface area (Å²) in [5.74, 6) is 0.820. The second-order valence-corrected chi connectivity index (χ2v) is 9.74. The van der Waals surface area contributed by atoms with Crippen molar-refractivity contribution in [3.8, 4) is 5.75 Å². The number of hydrogen-bond donors (Lipinski definition) is 1. The summed E-state index contributed by atoms with van der Waals surface area (Å²) in [5.41, 5.74) is 5.44. The monoisotopic (exact) mass is 471 g/mol. The molecule has 0 unspecified atom stereocenters. The topological polar surface area (TPSA) is 48.6 Å². The minimum absolute atomic E-state index is 0.0502. The van der Waals surface area contributed by atoms with E-state index in [1.54, 1.807) is 18.9 Å². The number of nitrogens with one attached hydrogen (secondary N) is 1. The smallest absolute Gasteiger partial charge is 0.271 e. The Kier molecular flexibility index (Phi) is 6.24. The fraction of sp³-hybridized carbons (Fsp3) is 0.250. The first-order valence-corrected chi connectivity index (χ1v) is 12.4. The van der Waals surface area contributed by atoms with Gasteiger partial charge in [0.25, 0.3) is 5.91 Å². The van der Waals surface area contributed by atoms with Crippen molar-refractivity contribution in [2.45, 2.75) is 23.6 Å². The van der Waals surface area contributed by atoms with Crippen LogP contribution in [-0.2, 0) is 0 Å². The van der Waals surface area contributed by atoms with Crippen molar-refractivity contribution in [3.63, 3.8) is 0 Å². The van der Waals surface area contributed by atoms with Gasteiger partial charge in [-0.3, -0.25) is 4.79 Å². The Morgan fingerprint density at radius 1 is 0.941 bits per heavy atom. The Balaban J connectivity index is 1.42. The first-order valence-electron chi connectivity index (χ1n) is 11.6. The van der Waals surface area contributed by atoms with Crippen molar-refractivity contribution >= 4 is 34.3 Å². The summed E-state index contributed by atoms with van der Waals surface area (Å²) in [6.45, 7) is 7.36. The molecule has 4 aromatic rings. The van der Waals surface area contributed by atoms with E-state index < -0.39 is 0 Å². The lowest BCUT2D eigenvalue weighted by Crippen LogP contribution is -2.49. The third kappa shape index (κ3) is 4.26. The number of aromatic amines is 1. The van der Waals surface area contributed by atoms with E-state index in [0.717, 1.165) is 39.5 Å². The standard InChI is InChI=1S/C28H29N3O2S/c1-19-8-7-11-25(20(19)2)30-14-16-31(17-15-30)28(32)26-27(34-22-9-5-4-6-10-22)23-13-12-21(33-3)18-24(23)29-26/h4-13,18,29H,14-17H2,1-3H3. The lowest BCUT2D eigenvalue weighted by Gasteiger charge is -2.37. The van der Waals surface area contributed by atoms with Crippen molar-refractivity contribution in [1.29, 1.82) is 0 Å². The Bertz CT molecular complexity index is 1320. The van der Waals surface area contributed by atoms with Crippen LogP contribution < -0.4 is 9.64 Å². The largest absolute Gasteiger partial charge is 0.497 e. The number of benzene rings is 3. The van der Waals surface area contributed by atoms with Gasteiger partial charge in [-0.15, -0.1) is 0 Å². The van der Waals surface area contributed by atoms with Gasteiger partial charge in [0.2, 0.25) is 0 Å². The number of amides is 1. The number of carbonyl (C=O) groups excluding carboxylic acids is 1. The van der Waals surface area contributed by atoms with E-state index in [1.165, 1.54) is 16.8 Å². The van der Waals surface area contributed by atoms with E-state index in [0.29, 0.717) is 18.8 Å². The SMILES string of the molecule is COc1ccc2c(Sc3ccccc3)c(C(=O)N3CCN(c4cccc(C)c4C)CC3)[nH]c2c1. The minimum atomic E-state index is 0.0502. The Morgan fingerprint density at radius 2 is 1.71 bits per heavy atom. The van der Waals surface area contributed by atoms with E-state index in [4.69, 9.17) is 4.74 Å². The average Bonchev–Trinajstić information content (AvgIpc) is 3.23. The number of carbonyl (C=O) groups is 1. The highest BCUT2D eigenvalue weighted by molar-refractivity contribution is 7.99. The van der Waals surface area contributed by atoms with Gasteiger partial charge in [0.1, 0.15) is 11.4 Å². The maximum absolute atomic E-state index is 13.7. The van der Waals surface area contributed by atoms with Crippen LogP contribution in [0.15, 0.2) is 76.5 Å². The van der Waals surface area contributed by atoms with Gasteiger partial charge in [-0.25, -0.2) is 0 Å². The lowest BCUT2D eigenvalue weighted by atomic mass is 10.1. The second-order valence-electron chi connectivity index (χ2n) is 8.65. The highest BCUT2D eigenvalue weighted by atomic mass is 32.2. The molecule has 0 atom stereocenters. The minimum Gasteiger partial charge on any atom is -0.497 e. The molecule has 1 aromatic heterocycles. The third-order valence-electron chi connectivity index (χ3n) is 6.62. The van der Waals surface area contributed by atoms with Crippen molar-refractivity contribution in [3.05, 3.63) is 83.6 Å². The number of fused-ring (bicyclic) bond motifs is 1. The molecule has 1 amide bonds. The van der Waals surface area contributed by atoms with Gasteiger partial charge < -0.3 is 19.5 Å². The quantitative estimate of drug-likeness (QED) is 0.393. The molecule has 0 aliphatic carbocycles. The summed E-state index contributed by atoms with van der Waals surface area (Å²) < 4.78 is 5.41. The number of anilines is 1. The van der Waals surface area contributed by atoms with Crippen molar-refractivity contribution < 1.29 is 9.53 Å². The van der Waals surface area contributed by atoms with E-state index in [-0.39, 0.29) is 5.91 Å². The van der Waals surface area contributed by atoms with Crippen molar-refractivity contribution in [2.24, 2.45) is 0 Å². The van der Waals surface area contributed by atoms with Crippen LogP contribution in [0.3, 0.4) is 0 Å². The van der Waals surface area contributed by atoms with Crippen molar-refractivity contribution in [2.75, 3.05) is 38.2 Å². The predicted octanol–water partition coefficient (Wildman–Crippen LogP) is 5.91. The van der Waals surface area contributed by atoms with Gasteiger partial charge >= 0.3 is 0 Å². The van der Waals surface area contributed by atoms with Crippen LogP contribution in [0.1, 0.15) is 21.6 Å². The van der Waals surface area contributed by atoms with Crippen molar-refractivity contribution in [1.82, 2.24) is 9.88 Å². The van der Waals surface area contributed by atoms with Gasteiger partial charge in [0, 0.05) is 48.2 Å². The first kappa shape index (κ1) is 22.4. The fourth-order valence-corrected chi connectivity index (χ4v) is 5.58. The van der Waals surface area contributed by atoms with E-state index in [9.17, 15) is 4.79 Å². The van der Waals surface area contributed by atoms with E-state index in [1.807, 2.05) is 41.3 Å². The third-order valence-corrected chi connectivity index (χ3v) is 7.75. The van der Waals surface area contributed by atoms with Crippen LogP contribution >= 0.6 is 11.8 Å². The van der Waals surface area contributed by atoms with Crippen LogP contribution in [0.5, 0.6) is 5.75 Å². The van der Waals surface area contributed by atoms with E-state index in [2.05, 4.69) is 54.1 Å². The van der Waals surface area contributed by atoms with Gasteiger partial charge in [-0.1, -0.05) is 42.1 Å². The molecule has 5 rings (SSSR count). The van der Waals surface area contributed by atoms with Crippen LogP contribution in [0.4, 0.5) is 5.69 Å². The summed E-state index contributed by atoms with van der Waals surface area (Å²) in [6.07, 6.45) is 0. The molecule has 0 spiro atoms. The zero-order valence-electron chi connectivity index (χ0n) is 19.8. The summed E-state index contributed by atoms with van der Waals surface area (Å²) in [5, 5.41) is 1.03. The van der Waals surface area contributed by atoms with Gasteiger partial charge in [-0.2, -0.15) is 0 Å². The zero-order valence-corrected chi connectivity index (χ0v) is 20.6. The number of nitrogens with zero attached hydrogens (tertiary/aromatic N) is 2. The summed E-state index contributed by atoms with van der Waals surface area (Å²) in [6, 6.07) is 22.6. The highest BCUT2D eigenvalue weighted by Gasteiger charge is 2.27. The molecule has 0 radical (unpaired) electrons. The molecule has 5 nitrogen and oxygen atoms in total. The maximum atomic E-state index is 13.7. The number of rotatable bonds is 5. The summed E-state index contributed by atoms with van der Waals surface area (Å²) in [4.78, 5) is 23.6. The number of hydrogen-bond acceptors (Lipinski definition) is 4. The molecule has 1 aliphatic rings. The highest BCUT2D eigenvalue weighted by Crippen LogP contribution is 2.38. The van der Waals surface area contributed by atoms with Crippen LogP contribution in [0.25, 0.3) is 10.9 Å². The molecule has 1 saturated heterocycles. The Morgan fingerprint density at radius 3 is 2.44 bits per heavy atom. The number of methoxy groups -OCH3 is 1. The average molecular weight is 472 g/mol. The Labute approximate surface area is 204 Å². The molecule has 1 aliphatic heterocycles. The second kappa shape index (κ2) is 9.47. The van der Waals surface area contributed by atoms with Gasteiger partial charge in [0.15, 0.2) is 0 Å². The van der Waals surface area contributed by atoms with Gasteiger partial charge in [-0.05, 0) is 55.3 Å². The molecule has 34 heavy (non-hydrogen) atoms. The van der Waals surface area contributed by atoms with Crippen LogP contribution in [-0.4, -0.2) is 49.1 Å². The van der Waals surface area contributed by atoms with E-state index >= 15 is 0 Å². The first-order chi connectivity index (χ1) is 16.5. The fourth-order valence-electron chi connectivity index (χ4n) is 4.53. The maximum Gasteiger partial charge on any atom is 0.271 e. The normalized spacial score (nSPS) is 14.0. The lowest BCUT2D eigenvalue weighted by molar-refractivity contribution is 0.0738. The molecular formula is C28H29N3O2S. The summed E-state index contributed by atoms with van der Waals surface area (Å²) >= 11 is 1.63. The molecule has 1 fully saturated rings. The van der Waals surface area contributed by atoms with Gasteiger partial charge in [0.05, 0.1) is 17.5 Å². The number of aromatic nitrogens is 1. The molecule has 0 saturated carbocycles. The molecular weight excluding hydrogens is 442 g/mol. The number of aryl methyl sites for hydroxylation is 1. The molecule has 0 bridgehead atoms. The molecule has 6 heteroatoms. The van der Waals surface area contributed by atoms with Crippen LogP contribution in [0.2, 0.25) is 0 Å². The molecule has 2 heterocycles. The molecule has 1 N–H and O–H groups in total. The number of ether oxygens (including phenoxy) is 1. The number of piperazine rings is 1. The number of H-pyrrole nitrogens is 1. The van der Waals surface area contributed by atoms with Crippen LogP contribution in [0, 0.1) is 13.8 Å². The predicted molar refractivity (Wildman–Crippen MR) is 139 cm³/mol. The zero-order chi connectivity index (χ0) is 23.7. The Hall–Kier alpha value is -3.38.